The number of aromatic nitrogens is 1. The Morgan fingerprint density at radius 3 is 2.57 bits per heavy atom. The second kappa shape index (κ2) is 5.92. The summed E-state index contributed by atoms with van der Waals surface area (Å²) in [5.74, 6) is -0.220. The molecular weight excluding hydrogens is 292 g/mol. The molecule has 0 aliphatic rings. The van der Waals surface area contributed by atoms with Gasteiger partial charge in [0.25, 0.3) is 0 Å². The number of nitrogens with one attached hydrogen (secondary N) is 2. The van der Waals surface area contributed by atoms with Crippen molar-refractivity contribution in [3.8, 4) is 5.88 Å². The molecule has 6 heteroatoms. The lowest BCUT2D eigenvalue weighted by molar-refractivity contribution is -0.114. The number of hydrogen-bond donors (Lipinski definition) is 3. The van der Waals surface area contributed by atoms with Gasteiger partial charge >= 0.3 is 0 Å². The molecule has 1 heterocycles. The maximum Gasteiger partial charge on any atom is 0.221 e. The molecule has 0 atom stereocenters. The second-order valence-electron chi connectivity index (χ2n) is 5.30. The molecule has 2 aromatic carbocycles. The van der Waals surface area contributed by atoms with Crippen LogP contribution in [0.1, 0.15) is 12.5 Å². The van der Waals surface area contributed by atoms with Crippen molar-refractivity contribution >= 4 is 33.9 Å². The van der Waals surface area contributed by atoms with Gasteiger partial charge in [-0.15, -0.1) is 5.11 Å². The number of azo groups is 1. The molecule has 23 heavy (non-hydrogen) atoms. The van der Waals surface area contributed by atoms with Crippen LogP contribution in [0.5, 0.6) is 5.88 Å². The van der Waals surface area contributed by atoms with Crippen LogP contribution in [-0.4, -0.2) is 16.0 Å². The Bertz CT molecular complexity index is 895. The first-order valence-electron chi connectivity index (χ1n) is 7.13. The van der Waals surface area contributed by atoms with Crippen molar-refractivity contribution in [3.05, 3.63) is 48.0 Å². The van der Waals surface area contributed by atoms with Gasteiger partial charge in [0, 0.05) is 18.0 Å². The molecule has 3 N–H and O–H groups in total. The number of carbonyl (C=O) groups is 1. The first-order chi connectivity index (χ1) is 11.0. The van der Waals surface area contributed by atoms with Gasteiger partial charge in [-0.2, -0.15) is 5.11 Å². The molecule has 0 saturated carbocycles. The monoisotopic (exact) mass is 308 g/mol. The third kappa shape index (κ3) is 3.21. The van der Waals surface area contributed by atoms with Gasteiger partial charge in [-0.1, -0.05) is 17.7 Å². The summed E-state index contributed by atoms with van der Waals surface area (Å²) < 4.78 is 0. The number of aromatic hydroxyl groups is 1. The second-order valence-corrected chi connectivity index (χ2v) is 5.30. The van der Waals surface area contributed by atoms with E-state index in [0.29, 0.717) is 22.4 Å². The summed E-state index contributed by atoms with van der Waals surface area (Å²) in [5, 5.41) is 21.7. The lowest BCUT2D eigenvalue weighted by Crippen LogP contribution is -2.05. The molecule has 0 bridgehead atoms. The number of rotatable bonds is 3. The van der Waals surface area contributed by atoms with Crippen LogP contribution in [0.3, 0.4) is 0 Å². The predicted octanol–water partition coefficient (Wildman–Crippen LogP) is 4.56. The molecule has 3 aromatic rings. The van der Waals surface area contributed by atoms with Gasteiger partial charge in [-0.3, -0.25) is 4.79 Å². The third-order valence-electron chi connectivity index (χ3n) is 3.37. The Labute approximate surface area is 132 Å². The molecule has 1 amide bonds. The summed E-state index contributed by atoms with van der Waals surface area (Å²) in [6, 6.07) is 12.9. The molecule has 0 aliphatic carbocycles. The fourth-order valence-electron chi connectivity index (χ4n) is 2.26. The molecule has 3 rings (SSSR count). The van der Waals surface area contributed by atoms with Gasteiger partial charge in [0.1, 0.15) is 0 Å². The highest BCUT2D eigenvalue weighted by Gasteiger charge is 2.11. The Morgan fingerprint density at radius 1 is 1.13 bits per heavy atom. The Morgan fingerprint density at radius 2 is 1.87 bits per heavy atom. The largest absolute Gasteiger partial charge is 0.493 e. The maximum absolute atomic E-state index is 11.2. The number of aryl methyl sites for hydroxylation is 1. The van der Waals surface area contributed by atoms with Crippen molar-refractivity contribution in [2.24, 2.45) is 10.2 Å². The average Bonchev–Trinajstić information content (AvgIpc) is 2.81. The fraction of sp³-hybridized carbons (Fsp3) is 0.118. The van der Waals surface area contributed by atoms with Crippen LogP contribution in [-0.2, 0) is 4.79 Å². The van der Waals surface area contributed by atoms with Crippen molar-refractivity contribution in [3.63, 3.8) is 0 Å². The smallest absolute Gasteiger partial charge is 0.221 e. The highest BCUT2D eigenvalue weighted by atomic mass is 16.3. The van der Waals surface area contributed by atoms with E-state index in [4.69, 9.17) is 0 Å². The molecule has 0 spiro atoms. The van der Waals surface area contributed by atoms with Crippen LogP contribution < -0.4 is 5.32 Å². The summed E-state index contributed by atoms with van der Waals surface area (Å²) in [7, 11) is 0. The SMILES string of the molecule is CC(=O)Nc1ccc2[nH]c(O)c(N=Nc3ccc(C)cc3)c2c1. The van der Waals surface area contributed by atoms with Crippen LogP contribution >= 0.6 is 0 Å². The van der Waals surface area contributed by atoms with Crippen molar-refractivity contribution in [1.29, 1.82) is 0 Å². The van der Waals surface area contributed by atoms with E-state index in [1.54, 1.807) is 18.2 Å². The van der Waals surface area contributed by atoms with Crippen molar-refractivity contribution in [1.82, 2.24) is 4.98 Å². The zero-order valence-electron chi connectivity index (χ0n) is 12.8. The number of carbonyl (C=O) groups excluding carboxylic acids is 1. The van der Waals surface area contributed by atoms with Crippen LogP contribution in [0.2, 0.25) is 0 Å². The zero-order chi connectivity index (χ0) is 16.4. The van der Waals surface area contributed by atoms with Crippen LogP contribution in [0.25, 0.3) is 10.9 Å². The summed E-state index contributed by atoms with van der Waals surface area (Å²) in [6.07, 6.45) is 0. The van der Waals surface area contributed by atoms with E-state index in [1.807, 2.05) is 31.2 Å². The Hall–Kier alpha value is -3.15. The van der Waals surface area contributed by atoms with Gasteiger partial charge in [-0.25, -0.2) is 0 Å². The van der Waals surface area contributed by atoms with Crippen molar-refractivity contribution in [2.75, 3.05) is 5.32 Å². The quantitative estimate of drug-likeness (QED) is 0.619. The average molecular weight is 308 g/mol. The van der Waals surface area contributed by atoms with E-state index in [1.165, 1.54) is 6.92 Å². The standard InChI is InChI=1S/C17H16N4O2/c1-10-3-5-12(6-4-10)20-21-16-14-9-13(18-11(2)22)7-8-15(14)19-17(16)23/h3-9,19,23H,1-2H3,(H,18,22). The van der Waals surface area contributed by atoms with E-state index in [2.05, 4.69) is 20.5 Å². The molecule has 116 valence electrons. The number of benzene rings is 2. The zero-order valence-corrected chi connectivity index (χ0v) is 12.8. The number of aromatic amines is 1. The first-order valence-corrected chi connectivity index (χ1v) is 7.13. The van der Waals surface area contributed by atoms with Gasteiger partial charge in [-0.05, 0) is 37.3 Å². The van der Waals surface area contributed by atoms with E-state index < -0.39 is 0 Å². The topological polar surface area (TPSA) is 89.8 Å². The van der Waals surface area contributed by atoms with Crippen molar-refractivity contribution in [2.45, 2.75) is 13.8 Å². The molecule has 0 fully saturated rings. The minimum atomic E-state index is -0.160. The van der Waals surface area contributed by atoms with E-state index >= 15 is 0 Å². The first kappa shape index (κ1) is 14.8. The lowest BCUT2D eigenvalue weighted by Gasteiger charge is -2.01. The number of hydrogen-bond acceptors (Lipinski definition) is 4. The number of H-pyrrole nitrogens is 1. The van der Waals surface area contributed by atoms with Crippen molar-refractivity contribution < 1.29 is 9.90 Å². The normalized spacial score (nSPS) is 11.2. The van der Waals surface area contributed by atoms with Crippen LogP contribution in [0, 0.1) is 6.92 Å². The number of nitrogens with zero attached hydrogens (tertiary/aromatic N) is 2. The number of fused-ring (bicyclic) bond motifs is 1. The minimum absolute atomic E-state index is 0.0594. The number of anilines is 1. The summed E-state index contributed by atoms with van der Waals surface area (Å²) >= 11 is 0. The molecule has 6 nitrogen and oxygen atoms in total. The molecule has 0 aliphatic heterocycles. The molecular formula is C17H16N4O2. The number of amides is 1. The maximum atomic E-state index is 11.2. The Kier molecular flexibility index (Phi) is 3.80. The van der Waals surface area contributed by atoms with Crippen LogP contribution in [0.15, 0.2) is 52.7 Å². The molecule has 1 aromatic heterocycles. The summed E-state index contributed by atoms with van der Waals surface area (Å²) in [6.45, 7) is 3.44. The molecule has 0 unspecified atom stereocenters. The summed E-state index contributed by atoms with van der Waals surface area (Å²) in [4.78, 5) is 14.0. The van der Waals surface area contributed by atoms with Gasteiger partial charge in [0.05, 0.1) is 11.2 Å². The minimum Gasteiger partial charge on any atom is -0.493 e. The predicted molar refractivity (Wildman–Crippen MR) is 89.6 cm³/mol. The summed E-state index contributed by atoms with van der Waals surface area (Å²) in [5.41, 5.74) is 3.53. The van der Waals surface area contributed by atoms with E-state index in [-0.39, 0.29) is 11.8 Å². The van der Waals surface area contributed by atoms with Crippen LogP contribution in [0.4, 0.5) is 17.1 Å². The van der Waals surface area contributed by atoms with E-state index in [9.17, 15) is 9.90 Å². The van der Waals surface area contributed by atoms with Gasteiger partial charge in [0.15, 0.2) is 5.69 Å². The fourth-order valence-corrected chi connectivity index (χ4v) is 2.26. The van der Waals surface area contributed by atoms with Gasteiger partial charge in [0.2, 0.25) is 11.8 Å². The van der Waals surface area contributed by atoms with E-state index in [0.717, 1.165) is 11.1 Å². The lowest BCUT2D eigenvalue weighted by atomic mass is 10.2. The molecule has 0 saturated heterocycles. The van der Waals surface area contributed by atoms with Gasteiger partial charge < -0.3 is 15.4 Å². The molecule has 0 radical (unpaired) electrons. The third-order valence-corrected chi connectivity index (χ3v) is 3.37. The Balaban J connectivity index is 2.00. The highest BCUT2D eigenvalue weighted by Crippen LogP contribution is 2.37. The highest BCUT2D eigenvalue weighted by molar-refractivity contribution is 5.98.